The molecule has 4 rings (SSSR count). The van der Waals surface area contributed by atoms with Crippen molar-refractivity contribution in [2.75, 3.05) is 0 Å². The number of benzene rings is 2. The Morgan fingerprint density at radius 2 is 1.76 bits per heavy atom. The minimum Gasteiger partial charge on any atom is -0.353 e. The predicted molar refractivity (Wildman–Crippen MR) is 117 cm³/mol. The van der Waals surface area contributed by atoms with Gasteiger partial charge in [-0.2, -0.15) is 0 Å². The van der Waals surface area contributed by atoms with Crippen molar-refractivity contribution in [1.29, 1.82) is 0 Å². The molecule has 1 saturated carbocycles. The molecule has 0 spiro atoms. The average Bonchev–Trinajstić information content (AvgIpc) is 3.01. The van der Waals surface area contributed by atoms with Gasteiger partial charge >= 0.3 is 0 Å². The molecule has 2 aromatic rings. The number of amides is 1. The number of ketones is 1. The van der Waals surface area contributed by atoms with Crippen molar-refractivity contribution in [3.63, 3.8) is 0 Å². The highest BCUT2D eigenvalue weighted by Gasteiger charge is 2.50. The molecule has 0 radical (unpaired) electrons. The van der Waals surface area contributed by atoms with E-state index in [1.807, 2.05) is 31.2 Å². The van der Waals surface area contributed by atoms with Gasteiger partial charge in [0.1, 0.15) is 0 Å². The number of rotatable bonds is 4. The average molecular weight is 430 g/mol. The molecule has 152 valence electrons. The molecule has 3 nitrogen and oxygen atoms in total. The summed E-state index contributed by atoms with van der Waals surface area (Å²) < 4.78 is 0. The first-order chi connectivity index (χ1) is 13.9. The van der Waals surface area contributed by atoms with E-state index < -0.39 is 0 Å². The Hall–Kier alpha value is -1.84. The van der Waals surface area contributed by atoms with E-state index in [9.17, 15) is 9.59 Å². The minimum atomic E-state index is 0.0293. The maximum Gasteiger partial charge on any atom is 0.223 e. The van der Waals surface area contributed by atoms with Crippen molar-refractivity contribution >= 4 is 34.9 Å². The van der Waals surface area contributed by atoms with Crippen LogP contribution in [0, 0.1) is 11.8 Å². The van der Waals surface area contributed by atoms with Crippen LogP contribution in [0.25, 0.3) is 0 Å². The van der Waals surface area contributed by atoms with Gasteiger partial charge in [-0.25, -0.2) is 0 Å². The van der Waals surface area contributed by atoms with Gasteiger partial charge in [0.25, 0.3) is 0 Å². The van der Waals surface area contributed by atoms with E-state index in [2.05, 4.69) is 24.4 Å². The summed E-state index contributed by atoms with van der Waals surface area (Å²) in [7, 11) is 0. The molecule has 5 heteroatoms. The largest absolute Gasteiger partial charge is 0.353 e. The summed E-state index contributed by atoms with van der Waals surface area (Å²) in [5, 5.41) is 4.48. The monoisotopic (exact) mass is 429 g/mol. The Morgan fingerprint density at radius 3 is 2.41 bits per heavy atom. The third-order valence-corrected chi connectivity index (χ3v) is 7.26. The first kappa shape index (κ1) is 20.4. The van der Waals surface area contributed by atoms with E-state index in [1.165, 1.54) is 5.56 Å². The molecule has 29 heavy (non-hydrogen) atoms. The van der Waals surface area contributed by atoms with E-state index in [1.54, 1.807) is 6.07 Å². The third kappa shape index (κ3) is 3.71. The van der Waals surface area contributed by atoms with Gasteiger partial charge in [0.05, 0.1) is 0 Å². The molecule has 1 amide bonds. The Kier molecular flexibility index (Phi) is 5.72. The summed E-state index contributed by atoms with van der Waals surface area (Å²) in [6.07, 6.45) is 2.19. The maximum atomic E-state index is 12.5. The Bertz CT molecular complexity index is 940. The van der Waals surface area contributed by atoms with Crippen molar-refractivity contribution in [3.05, 3.63) is 69.2 Å². The second-order valence-electron chi connectivity index (χ2n) is 8.26. The van der Waals surface area contributed by atoms with Crippen LogP contribution < -0.4 is 5.32 Å². The number of hydrogen-bond donors (Lipinski definition) is 1. The zero-order valence-corrected chi connectivity index (χ0v) is 18.1. The van der Waals surface area contributed by atoms with Crippen molar-refractivity contribution in [2.45, 2.75) is 51.0 Å². The van der Waals surface area contributed by atoms with Crippen molar-refractivity contribution in [3.8, 4) is 0 Å². The Balaban J connectivity index is 1.78. The lowest BCUT2D eigenvalue weighted by molar-refractivity contribution is -0.123. The molecule has 1 N–H and O–H groups in total. The smallest absolute Gasteiger partial charge is 0.223 e. The molecule has 1 aliphatic heterocycles. The zero-order chi connectivity index (χ0) is 20.7. The molecular weight excluding hydrogens is 405 g/mol. The first-order valence-electron chi connectivity index (χ1n) is 10.3. The SMILES string of the molecule is CCC(=O)c1ccc([C@@H]2CCC3C(=O)N[C@H](C)[C@H]3[C@H]2c2ccc(Cl)cc2)c(Cl)c1. The quantitative estimate of drug-likeness (QED) is 0.605. The molecule has 2 fully saturated rings. The maximum absolute atomic E-state index is 12.5. The number of halogens is 2. The molecule has 2 aliphatic rings. The van der Waals surface area contributed by atoms with Gasteiger partial charge in [0.15, 0.2) is 5.78 Å². The van der Waals surface area contributed by atoms with E-state index in [0.717, 1.165) is 18.4 Å². The second kappa shape index (κ2) is 8.12. The van der Waals surface area contributed by atoms with Crippen LogP contribution in [0.2, 0.25) is 10.0 Å². The number of carbonyl (C=O) groups is 2. The highest BCUT2D eigenvalue weighted by atomic mass is 35.5. The van der Waals surface area contributed by atoms with Crippen LogP contribution in [0.5, 0.6) is 0 Å². The van der Waals surface area contributed by atoms with Gasteiger partial charge in [0, 0.05) is 34.0 Å². The van der Waals surface area contributed by atoms with Gasteiger partial charge in [-0.05, 0) is 66.8 Å². The Morgan fingerprint density at radius 1 is 1.07 bits per heavy atom. The number of nitrogens with one attached hydrogen (secondary N) is 1. The van der Waals surface area contributed by atoms with Gasteiger partial charge < -0.3 is 5.32 Å². The van der Waals surface area contributed by atoms with Crippen LogP contribution in [0.4, 0.5) is 0 Å². The van der Waals surface area contributed by atoms with Gasteiger partial charge in [-0.3, -0.25) is 9.59 Å². The lowest BCUT2D eigenvalue weighted by atomic mass is 9.61. The first-order valence-corrected chi connectivity index (χ1v) is 11.0. The van der Waals surface area contributed by atoms with Crippen LogP contribution in [-0.4, -0.2) is 17.7 Å². The van der Waals surface area contributed by atoms with E-state index in [4.69, 9.17) is 23.2 Å². The highest BCUT2D eigenvalue weighted by molar-refractivity contribution is 6.32. The topological polar surface area (TPSA) is 46.2 Å². The number of fused-ring (bicyclic) bond motifs is 1. The number of hydrogen-bond acceptors (Lipinski definition) is 2. The molecule has 1 aliphatic carbocycles. The molecule has 5 atom stereocenters. The summed E-state index contributed by atoms with van der Waals surface area (Å²) in [4.78, 5) is 24.6. The molecule has 1 saturated heterocycles. The van der Waals surface area contributed by atoms with Gasteiger partial charge in [0.2, 0.25) is 5.91 Å². The lowest BCUT2D eigenvalue weighted by Gasteiger charge is -2.41. The lowest BCUT2D eigenvalue weighted by Crippen LogP contribution is -2.35. The van der Waals surface area contributed by atoms with Crippen LogP contribution in [-0.2, 0) is 4.79 Å². The van der Waals surface area contributed by atoms with Gasteiger partial charge in [-0.1, -0.05) is 54.4 Å². The second-order valence-corrected chi connectivity index (χ2v) is 9.10. The molecule has 0 aromatic heterocycles. The molecule has 1 unspecified atom stereocenters. The van der Waals surface area contributed by atoms with Crippen LogP contribution in [0.3, 0.4) is 0 Å². The normalized spacial score (nSPS) is 28.7. The van der Waals surface area contributed by atoms with E-state index in [0.29, 0.717) is 22.0 Å². The zero-order valence-electron chi connectivity index (χ0n) is 16.6. The summed E-state index contributed by atoms with van der Waals surface area (Å²) >= 11 is 12.8. The van der Waals surface area contributed by atoms with Crippen molar-refractivity contribution in [1.82, 2.24) is 5.32 Å². The fraction of sp³-hybridized carbons (Fsp3) is 0.417. The van der Waals surface area contributed by atoms with Crippen LogP contribution in [0.15, 0.2) is 42.5 Å². The summed E-state index contributed by atoms with van der Waals surface area (Å²) in [5.74, 6) is 0.832. The summed E-state index contributed by atoms with van der Waals surface area (Å²) in [6, 6.07) is 13.8. The third-order valence-electron chi connectivity index (χ3n) is 6.68. The van der Waals surface area contributed by atoms with Crippen molar-refractivity contribution in [2.24, 2.45) is 11.8 Å². The summed E-state index contributed by atoms with van der Waals surface area (Å²) in [5.41, 5.74) is 2.90. The number of carbonyl (C=O) groups excluding carboxylic acids is 2. The molecular formula is C24H25Cl2NO2. The minimum absolute atomic E-state index is 0.0293. The highest BCUT2D eigenvalue weighted by Crippen LogP contribution is 2.54. The standard InChI is InChI=1S/C24H25Cl2NO2/c1-3-21(28)15-6-9-17(20(26)12-15)18-10-11-19-22(13(2)27-24(19)29)23(18)14-4-7-16(25)8-5-14/h4-9,12-13,18-19,22-23H,3,10-11H2,1-2H3,(H,27,29)/t13-,18+,19?,22-,23+/m1/s1. The molecule has 2 aromatic carbocycles. The summed E-state index contributed by atoms with van der Waals surface area (Å²) in [6.45, 7) is 3.95. The molecule has 1 heterocycles. The van der Waals surface area contributed by atoms with E-state index in [-0.39, 0.29) is 41.4 Å². The van der Waals surface area contributed by atoms with E-state index >= 15 is 0 Å². The van der Waals surface area contributed by atoms with Crippen molar-refractivity contribution < 1.29 is 9.59 Å². The Labute approximate surface area is 181 Å². The molecule has 0 bridgehead atoms. The van der Waals surface area contributed by atoms with Gasteiger partial charge in [-0.15, -0.1) is 0 Å². The predicted octanol–water partition coefficient (Wildman–Crippen LogP) is 6.00. The fourth-order valence-electron chi connectivity index (χ4n) is 5.34. The number of Topliss-reactive ketones (excluding diaryl/α,β-unsaturated/α-hetero) is 1. The van der Waals surface area contributed by atoms with Crippen LogP contribution >= 0.6 is 23.2 Å². The fourth-order valence-corrected chi connectivity index (χ4v) is 5.78. The van der Waals surface area contributed by atoms with Crippen LogP contribution in [0.1, 0.15) is 66.4 Å².